The number of H-pyrrole nitrogens is 1. The molecule has 0 aromatic carbocycles. The number of carbonyl (C=O) groups excluding carboxylic acids is 2. The van der Waals surface area contributed by atoms with E-state index in [0.29, 0.717) is 0 Å². The van der Waals surface area contributed by atoms with Crippen molar-refractivity contribution in [2.75, 3.05) is 0 Å². The largest absolute Gasteiger partial charge is 0.480 e. The Morgan fingerprint density at radius 2 is 1.91 bits per heavy atom. The molecule has 2 aromatic rings. The zero-order chi connectivity index (χ0) is 22.5. The number of hydrogen-bond donors (Lipinski definition) is 2. The van der Waals surface area contributed by atoms with E-state index < -0.39 is 23.8 Å². The molecule has 2 aliphatic carbocycles. The Balaban J connectivity index is 1.43. The number of aromatic nitrogens is 1. The highest BCUT2D eigenvalue weighted by atomic mass is 32.2. The molecule has 2 aromatic heterocycles. The molecule has 0 unspecified atom stereocenters. The van der Waals surface area contributed by atoms with E-state index in [1.807, 2.05) is 11.4 Å². The number of aromatic amines is 1. The molecule has 6 rings (SSSR count). The van der Waals surface area contributed by atoms with E-state index in [0.717, 1.165) is 21.2 Å². The maximum Gasteiger partial charge on any atom is 0.327 e. The van der Waals surface area contributed by atoms with Crippen LogP contribution in [-0.2, 0) is 14.4 Å². The third-order valence-electron chi connectivity index (χ3n) is 7.77. The first-order valence-corrected chi connectivity index (χ1v) is 13.4. The van der Waals surface area contributed by atoms with Gasteiger partial charge in [-0.2, -0.15) is 0 Å². The molecule has 4 aliphatic rings. The number of thiazole rings is 1. The molecule has 2 bridgehead atoms. The Hall–Kier alpha value is -1.91. The third-order valence-corrected chi connectivity index (χ3v) is 11.3. The number of hydrogen-bond acceptors (Lipinski definition) is 7. The number of aliphatic carboxylic acids is 1. The average Bonchev–Trinajstić information content (AvgIpc) is 3.51. The molecular weight excluding hydrogens is 468 g/mol. The summed E-state index contributed by atoms with van der Waals surface area (Å²) in [6.45, 7) is 3.47. The number of carboxylic acids is 1. The molecule has 2 N–H and O–H groups in total. The first-order valence-electron chi connectivity index (χ1n) is 10.8. The minimum atomic E-state index is -1.13. The van der Waals surface area contributed by atoms with Crippen LogP contribution < -0.4 is 4.87 Å². The maximum atomic E-state index is 13.5. The van der Waals surface area contributed by atoms with E-state index >= 15 is 0 Å². The molecular formula is C22H22N2O5S3. The summed E-state index contributed by atoms with van der Waals surface area (Å²) in [6.07, 6.45) is 0.809. The molecule has 3 fully saturated rings. The highest BCUT2D eigenvalue weighted by molar-refractivity contribution is 8.00. The van der Waals surface area contributed by atoms with Crippen LogP contribution in [0.15, 0.2) is 27.3 Å². The van der Waals surface area contributed by atoms with Gasteiger partial charge in [-0.05, 0) is 41.5 Å². The van der Waals surface area contributed by atoms with Gasteiger partial charge in [-0.25, -0.2) is 4.79 Å². The normalized spacial score (nSPS) is 35.8. The molecule has 0 radical (unpaired) electrons. The zero-order valence-corrected chi connectivity index (χ0v) is 19.8. The fraction of sp³-hybridized carbons (Fsp3) is 0.545. The number of thiophene rings is 1. The number of rotatable bonds is 4. The van der Waals surface area contributed by atoms with E-state index in [4.69, 9.17) is 0 Å². The van der Waals surface area contributed by atoms with Gasteiger partial charge in [0.1, 0.15) is 6.04 Å². The van der Waals surface area contributed by atoms with Gasteiger partial charge in [0.25, 0.3) is 0 Å². The van der Waals surface area contributed by atoms with Gasteiger partial charge in [0.15, 0.2) is 0 Å². The SMILES string of the molecule is CC(C)[C@H](C(=O)O)N1C(=O)[C@@H]2[C@H]3C[C@@H]([C@@H]2C1=O)[C@@H]1[C@H](c2cccs2)c2sc(=O)[nH]c2S[C@@H]31. The molecule has 0 spiro atoms. The quantitative estimate of drug-likeness (QED) is 0.638. The highest BCUT2D eigenvalue weighted by Crippen LogP contribution is 2.68. The van der Waals surface area contributed by atoms with Crippen LogP contribution in [0.25, 0.3) is 0 Å². The standard InChI is InChI=1S/C22H22N2O5S3/c1-7(2)15(21(27)28)24-19(25)12-8-6-9(13(12)20(24)26)16-11(8)14(10-4-3-5-30-10)17-18(31-16)23-22(29)32-17/h3-5,7-9,11-16H,6H2,1-2H3,(H,23,29)(H,27,28)/t8-,9-,11-,12+,13-,14+,15-,16+/m1/s1. The van der Waals surface area contributed by atoms with E-state index in [2.05, 4.69) is 11.1 Å². The van der Waals surface area contributed by atoms with Crippen LogP contribution in [0, 0.1) is 35.5 Å². The number of carbonyl (C=O) groups is 3. The van der Waals surface area contributed by atoms with Crippen LogP contribution >= 0.6 is 34.4 Å². The van der Waals surface area contributed by atoms with Gasteiger partial charge < -0.3 is 10.1 Å². The van der Waals surface area contributed by atoms with Gasteiger partial charge in [-0.15, -0.1) is 23.1 Å². The predicted molar refractivity (Wildman–Crippen MR) is 121 cm³/mol. The van der Waals surface area contributed by atoms with Crippen molar-refractivity contribution < 1.29 is 19.5 Å². The van der Waals surface area contributed by atoms with E-state index in [-0.39, 0.29) is 51.5 Å². The number of nitrogens with one attached hydrogen (secondary N) is 1. The number of imide groups is 1. The van der Waals surface area contributed by atoms with Crippen LogP contribution in [0.5, 0.6) is 0 Å². The van der Waals surface area contributed by atoms with Crippen molar-refractivity contribution >= 4 is 52.2 Å². The smallest absolute Gasteiger partial charge is 0.327 e. The Labute approximate surface area is 196 Å². The van der Waals surface area contributed by atoms with Crippen molar-refractivity contribution in [3.05, 3.63) is 36.9 Å². The summed E-state index contributed by atoms with van der Waals surface area (Å²) in [5.41, 5.74) is 0. The topological polar surface area (TPSA) is 108 Å². The highest BCUT2D eigenvalue weighted by Gasteiger charge is 2.70. The second kappa shape index (κ2) is 7.04. The first-order chi connectivity index (χ1) is 15.3. The molecule has 8 atom stereocenters. The summed E-state index contributed by atoms with van der Waals surface area (Å²) in [5.74, 6) is -2.78. The third kappa shape index (κ3) is 2.60. The lowest BCUT2D eigenvalue weighted by Crippen LogP contribution is -2.49. The molecule has 7 nitrogen and oxygen atoms in total. The molecule has 10 heteroatoms. The van der Waals surface area contributed by atoms with E-state index in [1.54, 1.807) is 36.9 Å². The summed E-state index contributed by atoms with van der Waals surface area (Å²) in [4.78, 5) is 57.3. The zero-order valence-electron chi connectivity index (χ0n) is 17.4. The Morgan fingerprint density at radius 1 is 1.19 bits per heavy atom. The molecule has 4 heterocycles. The van der Waals surface area contributed by atoms with Gasteiger partial charge in [0, 0.05) is 20.9 Å². The molecule has 2 saturated carbocycles. The van der Waals surface area contributed by atoms with E-state index in [9.17, 15) is 24.3 Å². The van der Waals surface area contributed by atoms with Crippen LogP contribution in [0.1, 0.15) is 35.9 Å². The fourth-order valence-corrected chi connectivity index (χ4v) is 10.6. The predicted octanol–water partition coefficient (Wildman–Crippen LogP) is 3.08. The van der Waals surface area contributed by atoms with Gasteiger partial charge in [0.05, 0.1) is 16.9 Å². The van der Waals surface area contributed by atoms with Crippen LogP contribution in [0.3, 0.4) is 0 Å². The number of carboxylic acid groups (broad SMARTS) is 1. The maximum absolute atomic E-state index is 13.5. The number of nitrogens with zero attached hydrogens (tertiary/aromatic N) is 1. The second-order valence-electron chi connectivity index (χ2n) is 9.55. The Morgan fingerprint density at radius 3 is 2.53 bits per heavy atom. The van der Waals surface area contributed by atoms with Crippen molar-refractivity contribution in [3.63, 3.8) is 0 Å². The van der Waals surface area contributed by atoms with Gasteiger partial charge in [0.2, 0.25) is 11.8 Å². The fourth-order valence-electron chi connectivity index (χ4n) is 6.79. The number of thioether (sulfide) groups is 1. The summed E-state index contributed by atoms with van der Waals surface area (Å²) in [5, 5.41) is 12.8. The Bertz CT molecular complexity index is 1180. The summed E-state index contributed by atoms with van der Waals surface area (Å²) in [7, 11) is 0. The van der Waals surface area contributed by atoms with E-state index in [1.165, 1.54) is 16.2 Å². The summed E-state index contributed by atoms with van der Waals surface area (Å²) >= 11 is 4.56. The van der Waals surface area contributed by atoms with Crippen molar-refractivity contribution in [3.8, 4) is 0 Å². The number of fused-ring (bicyclic) bond motifs is 9. The van der Waals surface area contributed by atoms with Crippen molar-refractivity contribution in [2.24, 2.45) is 35.5 Å². The van der Waals surface area contributed by atoms with Gasteiger partial charge in [-0.3, -0.25) is 19.3 Å². The molecule has 1 saturated heterocycles. The molecule has 2 amide bonds. The number of likely N-dealkylation sites (tertiary alicyclic amines) is 1. The van der Waals surface area contributed by atoms with Crippen molar-refractivity contribution in [1.29, 1.82) is 0 Å². The Kier molecular flexibility index (Phi) is 4.55. The van der Waals surface area contributed by atoms with Gasteiger partial charge >= 0.3 is 10.8 Å². The lowest BCUT2D eigenvalue weighted by atomic mass is 9.69. The van der Waals surface area contributed by atoms with Gasteiger partial charge in [-0.1, -0.05) is 31.3 Å². The average molecular weight is 491 g/mol. The first kappa shape index (κ1) is 20.7. The minimum Gasteiger partial charge on any atom is -0.480 e. The summed E-state index contributed by atoms with van der Waals surface area (Å²) in [6, 6.07) is 2.97. The minimum absolute atomic E-state index is 0.0158. The summed E-state index contributed by atoms with van der Waals surface area (Å²) < 4.78 is 0. The molecule has 2 aliphatic heterocycles. The second-order valence-corrected chi connectivity index (χ2v) is 12.7. The number of amides is 2. The molecule has 32 heavy (non-hydrogen) atoms. The van der Waals surface area contributed by atoms with Crippen molar-refractivity contribution in [1.82, 2.24) is 9.88 Å². The monoisotopic (exact) mass is 490 g/mol. The molecule has 168 valence electrons. The lowest BCUT2D eigenvalue weighted by molar-refractivity contribution is -0.157. The van der Waals surface area contributed by atoms with Crippen LogP contribution in [0.4, 0.5) is 0 Å². The van der Waals surface area contributed by atoms with Crippen LogP contribution in [-0.4, -0.2) is 44.1 Å². The van der Waals surface area contributed by atoms with Crippen molar-refractivity contribution in [2.45, 2.75) is 42.5 Å². The lowest BCUT2D eigenvalue weighted by Gasteiger charge is -2.42. The van der Waals surface area contributed by atoms with Crippen LogP contribution in [0.2, 0.25) is 0 Å².